The van der Waals surface area contributed by atoms with E-state index < -0.39 is 7.82 Å². The molecule has 40 valence electrons. The molecule has 0 fully saturated rings. The van der Waals surface area contributed by atoms with Crippen molar-refractivity contribution in [2.45, 2.75) is 0 Å². The number of rotatable bonds is 0. The standard InChI is InChI=1S/H3O4P.H2O.Sn/c1-5(2,3)4;;/h(H3,1,2,3,4);1H2;/q;;+4/p-4. The Morgan fingerprint density at radius 3 is 1.29 bits per heavy atom. The summed E-state index contributed by atoms with van der Waals surface area (Å²) in [6, 6.07) is 0. The van der Waals surface area contributed by atoms with Crippen LogP contribution in [0.15, 0.2) is 0 Å². The molecule has 0 spiro atoms. The second kappa shape index (κ2) is 5.01. The summed E-state index contributed by atoms with van der Waals surface area (Å²) in [4.78, 5) is 25.6. The number of phosphoric acid groups is 1. The van der Waals surface area contributed by atoms with E-state index in [1.807, 2.05) is 0 Å². The summed E-state index contributed by atoms with van der Waals surface area (Å²) < 4.78 is 15.6. The molecule has 0 saturated heterocycles. The van der Waals surface area contributed by atoms with Crippen LogP contribution in [0, 0.1) is 0 Å². The zero-order valence-corrected chi connectivity index (χ0v) is 6.78. The Kier molecular flexibility index (Phi) is 7.72. The van der Waals surface area contributed by atoms with Gasteiger partial charge in [0.15, 0.2) is 0 Å². The van der Waals surface area contributed by atoms with E-state index in [4.69, 9.17) is 22.7 Å². The summed E-state index contributed by atoms with van der Waals surface area (Å²) in [6.07, 6.45) is 0. The molecule has 0 aliphatic heterocycles. The predicted octanol–water partition coefficient (Wildman–Crippen LogP) is -3.76. The van der Waals surface area contributed by atoms with Gasteiger partial charge in [-0.25, -0.2) is 0 Å². The van der Waals surface area contributed by atoms with Gasteiger partial charge in [-0.15, -0.1) is 0 Å². The van der Waals surface area contributed by atoms with E-state index in [9.17, 15) is 0 Å². The van der Waals surface area contributed by atoms with E-state index in [1.165, 1.54) is 0 Å². The van der Waals surface area contributed by atoms with Crippen molar-refractivity contribution in [2.24, 2.45) is 0 Å². The van der Waals surface area contributed by atoms with Crippen LogP contribution in [0.3, 0.4) is 0 Å². The Morgan fingerprint density at radius 2 is 1.29 bits per heavy atom. The predicted molar refractivity (Wildman–Crippen MR) is 15.6 cm³/mol. The number of hydrogen-bond acceptors (Lipinski definition) is 5. The first-order valence-corrected chi connectivity index (χ1v) is 3.69. The van der Waals surface area contributed by atoms with Crippen molar-refractivity contribution < 1.29 is 22.7 Å². The van der Waals surface area contributed by atoms with Gasteiger partial charge in [0.2, 0.25) is 0 Å². The molecule has 0 amide bonds. The van der Waals surface area contributed by atoms with Gasteiger partial charge in [-0.05, 0) is 0 Å². The normalized spacial score (nSPS) is 9.43. The van der Waals surface area contributed by atoms with Gasteiger partial charge in [-0.1, -0.05) is 0 Å². The summed E-state index contributed by atoms with van der Waals surface area (Å²) in [7, 11) is -5.39. The van der Waals surface area contributed by atoms with E-state index in [0.717, 1.165) is 0 Å². The van der Waals surface area contributed by atoms with Crippen LogP contribution in [0.1, 0.15) is 0 Å². The van der Waals surface area contributed by atoms with Gasteiger partial charge in [0.1, 0.15) is 0 Å². The molecule has 0 rings (SSSR count). The van der Waals surface area contributed by atoms with Gasteiger partial charge < -0.3 is 19.2 Å². The molecule has 0 heterocycles. The third kappa shape index (κ3) is 216. The van der Waals surface area contributed by atoms with Gasteiger partial charge >= 0.3 is 26.4 Å². The molecule has 1 N–H and O–H groups in total. The summed E-state index contributed by atoms with van der Waals surface area (Å²) in [5.41, 5.74) is 0. The van der Waals surface area contributed by atoms with Gasteiger partial charge in [0.25, 0.3) is 0 Å². The molecular weight excluding hydrogens is 230 g/mol. The van der Waals surface area contributed by atoms with Crippen molar-refractivity contribution in [2.75, 3.05) is 0 Å². The van der Waals surface area contributed by atoms with E-state index in [2.05, 4.69) is 0 Å². The fourth-order valence-electron chi connectivity index (χ4n) is 0. The molecule has 0 aliphatic rings. The summed E-state index contributed by atoms with van der Waals surface area (Å²) in [5, 5.41) is 0. The third-order valence-electron chi connectivity index (χ3n) is 0. The molecular formula is HO5PSn. The van der Waals surface area contributed by atoms with Crippen LogP contribution < -0.4 is 14.7 Å². The molecule has 7 heavy (non-hydrogen) atoms. The molecule has 0 aromatic carbocycles. The van der Waals surface area contributed by atoms with Crippen LogP contribution in [0.5, 0.6) is 0 Å². The molecule has 0 atom stereocenters. The maximum atomic E-state index is 8.55. The Hall–Kier alpha value is 0.869. The summed E-state index contributed by atoms with van der Waals surface area (Å²) >= 11 is 0.550. The molecule has 0 unspecified atom stereocenters. The van der Waals surface area contributed by atoms with Crippen molar-refractivity contribution in [1.29, 1.82) is 0 Å². The van der Waals surface area contributed by atoms with E-state index in [0.29, 0.717) is 22.9 Å². The molecule has 0 aromatic rings. The quantitative estimate of drug-likeness (QED) is 0.340. The second-order valence-corrected chi connectivity index (χ2v) is 1.34. The minimum absolute atomic E-state index is 0.550. The second-order valence-electron chi connectivity index (χ2n) is 0.447. The van der Waals surface area contributed by atoms with E-state index in [-0.39, 0.29) is 0 Å². The maximum absolute atomic E-state index is 8.55. The van der Waals surface area contributed by atoms with Gasteiger partial charge in [0.05, 0.1) is 0 Å². The SMILES string of the molecule is O=P([O-])([O-])[O-].[OH][Sn+3]. The van der Waals surface area contributed by atoms with Gasteiger partial charge in [0, 0.05) is 0 Å². The van der Waals surface area contributed by atoms with Crippen LogP contribution >= 0.6 is 7.82 Å². The van der Waals surface area contributed by atoms with Crippen LogP contribution in [0.4, 0.5) is 0 Å². The van der Waals surface area contributed by atoms with E-state index >= 15 is 0 Å². The van der Waals surface area contributed by atoms with Crippen molar-refractivity contribution >= 4 is 30.8 Å². The Balaban J connectivity index is 0. The summed E-state index contributed by atoms with van der Waals surface area (Å²) in [6.45, 7) is 0. The zero-order valence-electron chi connectivity index (χ0n) is 3.03. The monoisotopic (exact) mass is 232 g/mol. The fourth-order valence-corrected chi connectivity index (χ4v) is 0. The molecule has 5 nitrogen and oxygen atoms in total. The van der Waals surface area contributed by atoms with Crippen LogP contribution in [-0.4, -0.2) is 26.4 Å². The molecule has 0 radical (unpaired) electrons. The first-order valence-electron chi connectivity index (χ1n) is 0.954. The van der Waals surface area contributed by atoms with Crippen LogP contribution in [0.25, 0.3) is 0 Å². The average Bonchev–Trinajstić information content (AvgIpc) is 1.36. The molecule has 0 bridgehead atoms. The Morgan fingerprint density at radius 1 is 1.29 bits per heavy atom. The molecule has 0 saturated carbocycles. The Labute approximate surface area is 53.9 Å². The van der Waals surface area contributed by atoms with Gasteiger partial charge in [-0.3, -0.25) is 0 Å². The number of hydrogen-bond donors (Lipinski definition) is 1. The van der Waals surface area contributed by atoms with Crippen molar-refractivity contribution in [3.05, 3.63) is 0 Å². The third-order valence-corrected chi connectivity index (χ3v) is 0. The summed E-state index contributed by atoms with van der Waals surface area (Å²) in [5.74, 6) is 0. The first-order chi connectivity index (χ1) is 3.00. The van der Waals surface area contributed by atoms with Crippen molar-refractivity contribution in [3.63, 3.8) is 0 Å². The molecule has 0 aliphatic carbocycles. The van der Waals surface area contributed by atoms with Gasteiger partial charge in [-0.2, -0.15) is 7.82 Å². The van der Waals surface area contributed by atoms with Crippen LogP contribution in [-0.2, 0) is 4.57 Å². The van der Waals surface area contributed by atoms with Crippen molar-refractivity contribution in [1.82, 2.24) is 0 Å². The van der Waals surface area contributed by atoms with E-state index in [1.54, 1.807) is 0 Å². The minimum atomic E-state index is -5.39. The molecule has 7 heteroatoms. The fraction of sp³-hybridized carbons (Fsp3) is 0. The molecule has 0 aromatic heterocycles. The first kappa shape index (κ1) is 10.8. The zero-order chi connectivity index (χ0) is 6.50. The Bertz CT molecular complexity index is 54.2. The topological polar surface area (TPSA) is 106 Å². The van der Waals surface area contributed by atoms with Crippen LogP contribution in [0.2, 0.25) is 0 Å². The van der Waals surface area contributed by atoms with Crippen molar-refractivity contribution in [3.8, 4) is 0 Å². The average molecular weight is 231 g/mol.